The molecule has 0 amide bonds. The molecule has 0 aromatic heterocycles. The van der Waals surface area contributed by atoms with E-state index in [4.69, 9.17) is 10.2 Å². The minimum atomic E-state index is -0.787. The van der Waals surface area contributed by atoms with Crippen molar-refractivity contribution in [1.82, 2.24) is 0 Å². The maximum Gasteiger partial charge on any atom is 0.306 e. The van der Waals surface area contributed by atoms with Crippen molar-refractivity contribution in [2.75, 3.05) is 0 Å². The molecule has 0 saturated heterocycles. The quantitative estimate of drug-likeness (QED) is 0.286. The molecule has 2 aliphatic rings. The third kappa shape index (κ3) is 8.50. The van der Waals surface area contributed by atoms with Gasteiger partial charge in [0.05, 0.1) is 23.7 Å². The molecule has 0 heterocycles. The molecule has 0 spiro atoms. The Bertz CT molecular complexity index is 673. The van der Waals surface area contributed by atoms with Crippen molar-refractivity contribution in [2.24, 2.45) is 47.3 Å². The molecule has 35 heavy (non-hydrogen) atoms. The monoisotopic (exact) mass is 498 g/mol. The molecular formula is C27H46O8. The van der Waals surface area contributed by atoms with Crippen molar-refractivity contribution >= 4 is 23.9 Å². The molecule has 2 rings (SSSR count). The first kappa shape index (κ1) is 30.9. The highest BCUT2D eigenvalue weighted by Crippen LogP contribution is 2.44. The number of rotatable bonds is 11. The summed E-state index contributed by atoms with van der Waals surface area (Å²) in [6.45, 7) is 7.98. The normalized spacial score (nSPS) is 32.7. The fourth-order valence-corrected chi connectivity index (χ4v) is 6.52. The summed E-state index contributed by atoms with van der Waals surface area (Å²) in [5.41, 5.74) is 0. The van der Waals surface area contributed by atoms with Crippen LogP contribution in [0.3, 0.4) is 0 Å². The van der Waals surface area contributed by atoms with Crippen LogP contribution >= 0.6 is 0 Å². The molecule has 202 valence electrons. The van der Waals surface area contributed by atoms with Gasteiger partial charge in [-0.05, 0) is 62.2 Å². The highest BCUT2D eigenvalue weighted by atomic mass is 16.4. The second-order valence-corrected chi connectivity index (χ2v) is 10.5. The van der Waals surface area contributed by atoms with E-state index in [1.165, 1.54) is 0 Å². The number of hydrogen-bond acceptors (Lipinski definition) is 4. The first-order chi connectivity index (χ1) is 16.5. The van der Waals surface area contributed by atoms with Crippen LogP contribution in [0.5, 0.6) is 0 Å². The minimum Gasteiger partial charge on any atom is -0.481 e. The van der Waals surface area contributed by atoms with E-state index in [9.17, 15) is 29.4 Å². The van der Waals surface area contributed by atoms with Crippen molar-refractivity contribution in [3.63, 3.8) is 0 Å². The van der Waals surface area contributed by atoms with E-state index in [0.29, 0.717) is 25.7 Å². The second kappa shape index (κ2) is 15.1. The number of carboxylic acids is 4. The van der Waals surface area contributed by atoms with Gasteiger partial charge in [-0.3, -0.25) is 19.2 Å². The Morgan fingerprint density at radius 3 is 1.17 bits per heavy atom. The smallest absolute Gasteiger partial charge is 0.306 e. The lowest BCUT2D eigenvalue weighted by Crippen LogP contribution is -2.41. The summed E-state index contributed by atoms with van der Waals surface area (Å²) in [4.78, 5) is 44.9. The van der Waals surface area contributed by atoms with Crippen LogP contribution in [0, 0.1) is 47.3 Å². The zero-order chi connectivity index (χ0) is 26.7. The average molecular weight is 499 g/mol. The fourth-order valence-electron chi connectivity index (χ4n) is 6.52. The first-order valence-electron chi connectivity index (χ1n) is 13.4. The summed E-state index contributed by atoms with van der Waals surface area (Å²) in [6, 6.07) is 0. The van der Waals surface area contributed by atoms with Crippen LogP contribution in [0.15, 0.2) is 0 Å². The van der Waals surface area contributed by atoms with Gasteiger partial charge in [-0.1, -0.05) is 59.8 Å². The zero-order valence-electron chi connectivity index (χ0n) is 21.8. The van der Waals surface area contributed by atoms with Gasteiger partial charge < -0.3 is 20.4 Å². The van der Waals surface area contributed by atoms with Crippen LogP contribution in [0.2, 0.25) is 0 Å². The molecule has 8 nitrogen and oxygen atoms in total. The summed E-state index contributed by atoms with van der Waals surface area (Å²) < 4.78 is 0. The number of aliphatic carboxylic acids is 4. The van der Waals surface area contributed by atoms with Crippen LogP contribution in [0.4, 0.5) is 0 Å². The fraction of sp³-hybridized carbons (Fsp3) is 0.852. The molecule has 8 heteroatoms. The number of hydrogen-bond donors (Lipinski definition) is 4. The zero-order valence-corrected chi connectivity index (χ0v) is 21.8. The van der Waals surface area contributed by atoms with Crippen molar-refractivity contribution in [3.8, 4) is 0 Å². The summed E-state index contributed by atoms with van der Waals surface area (Å²) >= 11 is 0. The molecule has 8 unspecified atom stereocenters. The van der Waals surface area contributed by atoms with Crippen molar-refractivity contribution in [3.05, 3.63) is 0 Å². The molecule has 0 aliphatic heterocycles. The number of carbonyl (C=O) groups is 4. The molecule has 2 saturated carbocycles. The summed E-state index contributed by atoms with van der Waals surface area (Å²) in [7, 11) is 0. The highest BCUT2D eigenvalue weighted by Gasteiger charge is 2.44. The van der Waals surface area contributed by atoms with Crippen molar-refractivity contribution < 1.29 is 39.6 Å². The second-order valence-electron chi connectivity index (χ2n) is 10.5. The molecule has 2 aliphatic carbocycles. The molecule has 2 fully saturated rings. The van der Waals surface area contributed by atoms with Crippen LogP contribution in [0.1, 0.15) is 98.3 Å². The molecule has 0 bridgehead atoms. The topological polar surface area (TPSA) is 149 Å². The lowest BCUT2D eigenvalue weighted by Gasteiger charge is -2.40. The summed E-state index contributed by atoms with van der Waals surface area (Å²) in [5.74, 6) is -4.44. The summed E-state index contributed by atoms with van der Waals surface area (Å²) in [6.07, 6.45) is 8.50. The summed E-state index contributed by atoms with van der Waals surface area (Å²) in [5, 5.41) is 36.9. The van der Waals surface area contributed by atoms with E-state index in [1.807, 2.05) is 13.8 Å². The van der Waals surface area contributed by atoms with Crippen LogP contribution < -0.4 is 0 Å². The molecule has 0 radical (unpaired) electrons. The Morgan fingerprint density at radius 2 is 0.886 bits per heavy atom. The SMILES string of the molecule is CCC1C(C(=O)O)CCC(C(=O)O)C1C.CCCCC1C(C(=O)O)CCC(C(=O)O)C1CCCC. The molecule has 0 aromatic rings. The molecular weight excluding hydrogens is 452 g/mol. The lowest BCUT2D eigenvalue weighted by molar-refractivity contribution is -0.155. The van der Waals surface area contributed by atoms with E-state index >= 15 is 0 Å². The van der Waals surface area contributed by atoms with Gasteiger partial charge >= 0.3 is 23.9 Å². The maximum absolute atomic E-state index is 11.5. The number of unbranched alkanes of at least 4 members (excludes halogenated alkanes) is 2. The van der Waals surface area contributed by atoms with E-state index in [2.05, 4.69) is 13.8 Å². The minimum absolute atomic E-state index is 0.00245. The first-order valence-corrected chi connectivity index (χ1v) is 13.4. The van der Waals surface area contributed by atoms with Crippen molar-refractivity contribution in [1.29, 1.82) is 0 Å². The maximum atomic E-state index is 11.5. The van der Waals surface area contributed by atoms with E-state index in [1.54, 1.807) is 0 Å². The molecule has 0 aromatic carbocycles. The van der Waals surface area contributed by atoms with Gasteiger partial charge in [-0.25, -0.2) is 0 Å². The molecule has 8 atom stereocenters. The molecule has 4 N–H and O–H groups in total. The number of carboxylic acid groups (broad SMARTS) is 4. The van der Waals surface area contributed by atoms with Crippen LogP contribution in [0.25, 0.3) is 0 Å². The van der Waals surface area contributed by atoms with E-state index in [0.717, 1.165) is 44.9 Å². The van der Waals surface area contributed by atoms with Crippen LogP contribution in [-0.2, 0) is 19.2 Å². The van der Waals surface area contributed by atoms with Gasteiger partial charge in [0.25, 0.3) is 0 Å². The highest BCUT2D eigenvalue weighted by molar-refractivity contribution is 5.74. The van der Waals surface area contributed by atoms with Gasteiger partial charge in [0, 0.05) is 0 Å². The van der Waals surface area contributed by atoms with Gasteiger partial charge in [-0.2, -0.15) is 0 Å². The van der Waals surface area contributed by atoms with Crippen molar-refractivity contribution in [2.45, 2.75) is 98.3 Å². The van der Waals surface area contributed by atoms with Gasteiger partial charge in [0.15, 0.2) is 0 Å². The van der Waals surface area contributed by atoms with E-state index < -0.39 is 23.9 Å². The Kier molecular flexibility index (Phi) is 13.3. The Labute approximate surface area is 209 Å². The predicted octanol–water partition coefficient (Wildman–Crippen LogP) is 5.64. The van der Waals surface area contributed by atoms with Crippen LogP contribution in [-0.4, -0.2) is 44.3 Å². The largest absolute Gasteiger partial charge is 0.481 e. The third-order valence-corrected chi connectivity index (χ3v) is 8.51. The van der Waals surface area contributed by atoms with E-state index in [-0.39, 0.29) is 47.3 Å². The predicted molar refractivity (Wildman–Crippen MR) is 132 cm³/mol. The lowest BCUT2D eigenvalue weighted by atomic mass is 9.63. The van der Waals surface area contributed by atoms with Gasteiger partial charge in [0.1, 0.15) is 0 Å². The van der Waals surface area contributed by atoms with Gasteiger partial charge in [0.2, 0.25) is 0 Å². The Balaban J connectivity index is 0.000000365. The van der Waals surface area contributed by atoms with Gasteiger partial charge in [-0.15, -0.1) is 0 Å². The third-order valence-electron chi connectivity index (χ3n) is 8.51. The Hall–Kier alpha value is -2.12. The Morgan fingerprint density at radius 1 is 0.571 bits per heavy atom. The average Bonchev–Trinajstić information content (AvgIpc) is 2.80. The standard InChI is InChI=1S/C16H28O4.C11H18O4/c1-3-5-7-11-12(8-6-4-2)14(16(19)20)10-9-13(11)15(17)18;1-3-7-6(2)8(10(12)13)4-5-9(7)11(14)15/h11-14H,3-10H2,1-2H3,(H,17,18)(H,19,20);6-9H,3-5H2,1-2H3,(H,12,13)(H,14,15).